The van der Waals surface area contributed by atoms with Crippen LogP contribution in [0, 0.1) is 5.41 Å². The van der Waals surface area contributed by atoms with Gasteiger partial charge in [0.2, 0.25) is 5.96 Å². The van der Waals surface area contributed by atoms with E-state index in [1.807, 2.05) is 0 Å². The van der Waals surface area contributed by atoms with Crippen molar-refractivity contribution < 1.29 is 13.6 Å². The highest BCUT2D eigenvalue weighted by molar-refractivity contribution is 7.98. The molecule has 0 bridgehead atoms. The smallest absolute Gasteiger partial charge is 0.287 e. The molecule has 9 heteroatoms. The van der Waals surface area contributed by atoms with E-state index in [0.717, 1.165) is 0 Å². The second-order valence-corrected chi connectivity index (χ2v) is 6.81. The number of nitrogens with two attached hydrogens (primary N) is 1. The molecule has 2 aromatic carbocycles. The van der Waals surface area contributed by atoms with Crippen molar-refractivity contribution in [2.24, 2.45) is 16.2 Å². The van der Waals surface area contributed by atoms with E-state index >= 15 is 0 Å². The van der Waals surface area contributed by atoms with Crippen LogP contribution in [0.3, 0.4) is 0 Å². The van der Waals surface area contributed by atoms with E-state index in [1.165, 1.54) is 12.1 Å². The van der Waals surface area contributed by atoms with Crippen molar-refractivity contribution in [3.8, 4) is 0 Å². The summed E-state index contributed by atoms with van der Waals surface area (Å²) in [4.78, 5) is 12.6. The zero-order chi connectivity index (χ0) is 17.6. The Balaban J connectivity index is 2.46. The lowest BCUT2D eigenvalue weighted by Gasteiger charge is -2.16. The van der Waals surface area contributed by atoms with Crippen LogP contribution >= 0.6 is 0 Å². The normalized spacial score (nSPS) is 14.7. The Labute approximate surface area is 139 Å². The Morgan fingerprint density at radius 3 is 2.21 bits per heavy atom. The lowest BCUT2D eigenvalue weighted by atomic mass is 10.1. The fraction of sp³-hybridized carbons (Fsp3) is 0.0667. The Morgan fingerprint density at radius 1 is 1.12 bits per heavy atom. The molecule has 5 N–H and O–H groups in total. The molecule has 0 aliphatic heterocycles. The highest BCUT2D eigenvalue weighted by Gasteiger charge is 2.47. The monoisotopic (exact) mass is 346 g/mol. The summed E-state index contributed by atoms with van der Waals surface area (Å²) in [5.74, 6) is 3.36. The van der Waals surface area contributed by atoms with Gasteiger partial charge in [-0.3, -0.25) is 15.5 Å². The van der Waals surface area contributed by atoms with Crippen molar-refractivity contribution in [3.63, 3.8) is 0 Å². The number of rotatable bonds is 4. The second kappa shape index (κ2) is 7.57. The van der Waals surface area contributed by atoms with E-state index in [1.54, 1.807) is 48.5 Å². The first-order valence-corrected chi connectivity index (χ1v) is 8.40. The van der Waals surface area contributed by atoms with E-state index in [4.69, 9.17) is 11.3 Å². The topological polar surface area (TPSA) is 141 Å². The summed E-state index contributed by atoms with van der Waals surface area (Å²) in [6.07, 6.45) is 0. The predicted molar refractivity (Wildman–Crippen MR) is 89.5 cm³/mol. The summed E-state index contributed by atoms with van der Waals surface area (Å²) in [7, 11) is -3.78. The maximum Gasteiger partial charge on any atom is 0.287 e. The van der Waals surface area contributed by atoms with Crippen LogP contribution in [0.4, 0.5) is 0 Å². The molecule has 124 valence electrons. The molecule has 0 heterocycles. The number of carbonyl (C=O) groups is 1. The highest BCUT2D eigenvalue weighted by atomic mass is 32.3. The summed E-state index contributed by atoms with van der Waals surface area (Å²) in [6.45, 7) is 0. The van der Waals surface area contributed by atoms with Gasteiger partial charge in [-0.1, -0.05) is 63.1 Å². The maximum absolute atomic E-state index is 13.0. The third-order valence-corrected chi connectivity index (χ3v) is 5.21. The molecule has 0 saturated heterocycles. The Hall–Kier alpha value is -2.91. The molecule has 0 spiro atoms. The van der Waals surface area contributed by atoms with Crippen molar-refractivity contribution >= 4 is 22.1 Å². The molecule has 8 nitrogen and oxygen atoms in total. The third kappa shape index (κ3) is 3.89. The van der Waals surface area contributed by atoms with Gasteiger partial charge >= 0.3 is 0 Å². The third-order valence-electron chi connectivity index (χ3n) is 3.14. The number of guanidine groups is 1. The average molecular weight is 346 g/mol. The van der Waals surface area contributed by atoms with Crippen molar-refractivity contribution in [3.05, 3.63) is 66.2 Å². The minimum atomic E-state index is -3.78. The molecule has 24 heavy (non-hydrogen) atoms. The van der Waals surface area contributed by atoms with Gasteiger partial charge in [-0.2, -0.15) is 4.55 Å². The molecule has 0 fully saturated rings. The van der Waals surface area contributed by atoms with Crippen molar-refractivity contribution in [1.82, 2.24) is 5.32 Å². The van der Waals surface area contributed by atoms with Gasteiger partial charge in [0.1, 0.15) is 0 Å². The van der Waals surface area contributed by atoms with E-state index in [9.17, 15) is 13.6 Å². The first-order chi connectivity index (χ1) is 11.5. The van der Waals surface area contributed by atoms with Crippen LogP contribution < -0.4 is 11.2 Å². The molecule has 2 atom stereocenters. The number of amides is 1. The fourth-order valence-electron chi connectivity index (χ4n) is 2.13. The molecule has 0 saturated carbocycles. The molecule has 0 aliphatic carbocycles. The molecular formula is C15H16N5O3S+. The largest absolute Gasteiger partial charge is 0.304 e. The SMILES string of the molecule is N=C(/N=N\N)NC(=O)C(c1ccccc1)[S+](=O)(O)c1ccccc1. The van der Waals surface area contributed by atoms with E-state index in [2.05, 4.69) is 15.7 Å². The molecule has 2 rings (SSSR count). The number of nitrogens with zero attached hydrogens (tertiary/aromatic N) is 2. The van der Waals surface area contributed by atoms with Gasteiger partial charge < -0.3 is 5.84 Å². The van der Waals surface area contributed by atoms with Crippen LogP contribution in [-0.4, -0.2) is 16.4 Å². The standard InChI is InChI=1S/C15H15N5O3S/c16-15(19-20-17)18-14(21)13(11-7-3-1-4-8-11)24(22,23)12-9-5-2-6-10-12/h1-10,13H,(H4-,16,17,18,19,21,22,23)/p+1. The van der Waals surface area contributed by atoms with Gasteiger partial charge in [0.25, 0.3) is 21.4 Å². The fourth-order valence-corrected chi connectivity index (χ4v) is 3.82. The van der Waals surface area contributed by atoms with Gasteiger partial charge in [0.05, 0.1) is 0 Å². The zero-order valence-corrected chi connectivity index (χ0v) is 13.3. The van der Waals surface area contributed by atoms with Crippen molar-refractivity contribution in [1.29, 1.82) is 5.41 Å². The predicted octanol–water partition coefficient (Wildman–Crippen LogP) is 2.14. The molecule has 2 aromatic rings. The molecular weight excluding hydrogens is 330 g/mol. The summed E-state index contributed by atoms with van der Waals surface area (Å²) >= 11 is 0. The van der Waals surface area contributed by atoms with Crippen LogP contribution in [-0.2, 0) is 19.2 Å². The summed E-state index contributed by atoms with van der Waals surface area (Å²) in [5.41, 5.74) is 0.337. The Morgan fingerprint density at radius 2 is 1.67 bits per heavy atom. The van der Waals surface area contributed by atoms with Crippen LogP contribution in [0.2, 0.25) is 0 Å². The minimum Gasteiger partial charge on any atom is -0.304 e. The number of carbonyl (C=O) groups excluding carboxylic acids is 1. The quantitative estimate of drug-likeness (QED) is 0.168. The first kappa shape index (κ1) is 17.4. The number of hydrogen-bond donors (Lipinski definition) is 4. The van der Waals surface area contributed by atoms with Gasteiger partial charge in [-0.25, -0.2) is 0 Å². The van der Waals surface area contributed by atoms with Crippen LogP contribution in [0.1, 0.15) is 10.8 Å². The van der Waals surface area contributed by atoms with Crippen LogP contribution in [0.25, 0.3) is 0 Å². The molecule has 1 amide bonds. The van der Waals surface area contributed by atoms with Gasteiger partial charge in [0, 0.05) is 5.56 Å². The van der Waals surface area contributed by atoms with Crippen molar-refractivity contribution in [2.45, 2.75) is 10.1 Å². The van der Waals surface area contributed by atoms with E-state index < -0.39 is 27.3 Å². The molecule has 0 aromatic heterocycles. The van der Waals surface area contributed by atoms with Crippen molar-refractivity contribution in [2.75, 3.05) is 0 Å². The summed E-state index contributed by atoms with van der Waals surface area (Å²) < 4.78 is 23.6. The number of nitrogens with one attached hydrogen (secondary N) is 2. The first-order valence-electron chi connectivity index (χ1n) is 6.82. The lowest BCUT2D eigenvalue weighted by Crippen LogP contribution is -2.38. The number of hydrogen-bond acceptors (Lipinski definition) is 4. The number of benzene rings is 2. The Bertz CT molecular complexity index is 795. The second-order valence-electron chi connectivity index (χ2n) is 4.73. The van der Waals surface area contributed by atoms with Gasteiger partial charge in [-0.05, 0) is 12.1 Å². The van der Waals surface area contributed by atoms with Gasteiger partial charge in [0.15, 0.2) is 4.90 Å². The van der Waals surface area contributed by atoms with Gasteiger partial charge in [-0.15, -0.1) is 0 Å². The molecule has 0 aliphatic rings. The zero-order valence-electron chi connectivity index (χ0n) is 12.5. The van der Waals surface area contributed by atoms with E-state index in [-0.39, 0.29) is 4.90 Å². The van der Waals surface area contributed by atoms with Crippen LogP contribution in [0.5, 0.6) is 0 Å². The Kier molecular flexibility index (Phi) is 5.51. The van der Waals surface area contributed by atoms with E-state index in [0.29, 0.717) is 5.56 Å². The molecule has 0 radical (unpaired) electrons. The maximum atomic E-state index is 13.0. The highest BCUT2D eigenvalue weighted by Crippen LogP contribution is 2.33. The van der Waals surface area contributed by atoms with Crippen LogP contribution in [0.15, 0.2) is 75.9 Å². The minimum absolute atomic E-state index is 0.112. The molecule has 2 unspecified atom stereocenters. The summed E-state index contributed by atoms with van der Waals surface area (Å²) in [5, 5.41) is 14.2. The lowest BCUT2D eigenvalue weighted by molar-refractivity contribution is -0.119. The average Bonchev–Trinajstić information content (AvgIpc) is 2.56. The summed E-state index contributed by atoms with van der Waals surface area (Å²) in [6, 6.07) is 16.0.